The lowest BCUT2D eigenvalue weighted by atomic mass is 9.87. The van der Waals surface area contributed by atoms with Crippen molar-refractivity contribution in [2.75, 3.05) is 11.5 Å². The van der Waals surface area contributed by atoms with Gasteiger partial charge in [-0.3, -0.25) is 4.98 Å². The Morgan fingerprint density at radius 1 is 0.303 bits per heavy atom. The van der Waals surface area contributed by atoms with E-state index in [1.807, 2.05) is 115 Å². The van der Waals surface area contributed by atoms with Crippen LogP contribution in [0.2, 0.25) is 25.8 Å². The molecular formula is C88H117Cl5N16. The fourth-order valence-corrected chi connectivity index (χ4v) is 10.0. The maximum Gasteiger partial charge on any atom is 0.271 e. The Balaban J connectivity index is 0.000000614. The molecule has 9 aromatic heterocycles. The van der Waals surface area contributed by atoms with E-state index in [2.05, 4.69) is 255 Å². The molecule has 0 aliphatic rings. The molecule has 109 heavy (non-hydrogen) atoms. The van der Waals surface area contributed by atoms with Crippen molar-refractivity contribution in [1.82, 2.24) is 49.8 Å². The van der Waals surface area contributed by atoms with Gasteiger partial charge in [-0.15, -0.1) is 15.0 Å². The SMILES string of the molecule is CC(C)(C)c1cc(Cl)nc(Cl)c1.CC(C)(C)c1ccnc(Cl)c1.Cc1cc(C(C)(C)C)cc(Cl)n1.Cc1cc(C(C)(C)C)cc(N)n1.Cc1cc(C(C)(C)C)ccn1.Cc1nc(N)cc(C(C)(C)C)n1.[C-]#[N+]c1cc(C(C)(C)C)cc(C#N)n1.[C-]#[N+]c1cc(C(C)(C)C)cc(Cl)n1.[C-]#[N+]c1cc(C(C)(C)C)ccn1. The van der Waals surface area contributed by atoms with Crippen molar-refractivity contribution in [3.8, 4) is 6.07 Å². The molecule has 16 nitrogen and oxygen atoms in total. The third-order valence-corrected chi connectivity index (χ3v) is 16.6. The largest absolute Gasteiger partial charge is 0.384 e. The maximum absolute atomic E-state index is 8.73. The average Bonchev–Trinajstić information content (AvgIpc) is 0.843. The molecule has 0 aromatic carbocycles. The van der Waals surface area contributed by atoms with Crippen molar-refractivity contribution in [1.29, 1.82) is 5.26 Å². The number of nitriles is 1. The van der Waals surface area contributed by atoms with Crippen LogP contribution in [0.3, 0.4) is 0 Å². The number of aromatic nitrogens is 10. The van der Waals surface area contributed by atoms with Crippen LogP contribution in [0.1, 0.15) is 266 Å². The normalized spacial score (nSPS) is 11.3. The highest BCUT2D eigenvalue weighted by Crippen LogP contribution is 2.32. The molecule has 9 heterocycles. The molecule has 0 saturated carbocycles. The molecule has 0 aliphatic heterocycles. The van der Waals surface area contributed by atoms with Gasteiger partial charge >= 0.3 is 0 Å². The molecule has 9 aromatic rings. The molecule has 0 bridgehead atoms. The number of nitrogens with two attached hydrogens (primary N) is 2. The summed E-state index contributed by atoms with van der Waals surface area (Å²) in [6.07, 6.45) is 5.30. The van der Waals surface area contributed by atoms with E-state index in [-0.39, 0.29) is 54.6 Å². The zero-order valence-corrected chi connectivity index (χ0v) is 74.1. The van der Waals surface area contributed by atoms with Crippen LogP contribution in [0, 0.1) is 58.7 Å². The first-order chi connectivity index (χ1) is 49.5. The topological polar surface area (TPSA) is 218 Å². The third-order valence-electron chi connectivity index (χ3n) is 15.6. The van der Waals surface area contributed by atoms with E-state index in [1.54, 1.807) is 36.7 Å². The van der Waals surface area contributed by atoms with Gasteiger partial charge in [0, 0.05) is 53.1 Å². The number of anilines is 2. The fourth-order valence-electron chi connectivity index (χ4n) is 8.93. The van der Waals surface area contributed by atoms with Gasteiger partial charge in [0.25, 0.3) is 17.5 Å². The summed E-state index contributed by atoms with van der Waals surface area (Å²) in [5, 5.41) is 11.2. The molecule has 9 rings (SSSR count). The molecule has 21 heteroatoms. The summed E-state index contributed by atoms with van der Waals surface area (Å²) in [4.78, 5) is 50.0. The summed E-state index contributed by atoms with van der Waals surface area (Å²) < 4.78 is 0. The van der Waals surface area contributed by atoms with Crippen molar-refractivity contribution in [2.24, 2.45) is 0 Å². The van der Waals surface area contributed by atoms with E-state index >= 15 is 0 Å². The second kappa shape index (κ2) is 41.9. The van der Waals surface area contributed by atoms with Crippen LogP contribution < -0.4 is 11.5 Å². The van der Waals surface area contributed by atoms with E-state index in [0.717, 1.165) is 50.9 Å². The van der Waals surface area contributed by atoms with Gasteiger partial charge < -0.3 is 26.0 Å². The predicted molar refractivity (Wildman–Crippen MR) is 461 cm³/mol. The van der Waals surface area contributed by atoms with Gasteiger partial charge in [0.05, 0.1) is 5.69 Å². The quantitative estimate of drug-likeness (QED) is 0.107. The minimum absolute atomic E-state index is 0.00597. The van der Waals surface area contributed by atoms with E-state index < -0.39 is 0 Å². The minimum atomic E-state index is -0.0615. The van der Waals surface area contributed by atoms with Crippen molar-refractivity contribution < 1.29 is 0 Å². The molecule has 0 amide bonds. The predicted octanol–water partition coefficient (Wildman–Crippen LogP) is 26.0. The second-order valence-electron chi connectivity index (χ2n) is 35.3. The summed E-state index contributed by atoms with van der Waals surface area (Å²) in [6.45, 7) is 85.7. The van der Waals surface area contributed by atoms with E-state index in [4.69, 9.17) is 94.5 Å². The van der Waals surface area contributed by atoms with Crippen LogP contribution in [-0.2, 0) is 48.7 Å². The Morgan fingerprint density at radius 3 is 0.972 bits per heavy atom. The molecule has 584 valence electrons. The van der Waals surface area contributed by atoms with Crippen LogP contribution in [-0.4, -0.2) is 49.8 Å². The van der Waals surface area contributed by atoms with Crippen LogP contribution in [0.15, 0.2) is 122 Å². The maximum atomic E-state index is 8.73. The highest BCUT2D eigenvalue weighted by Gasteiger charge is 2.22. The van der Waals surface area contributed by atoms with Crippen LogP contribution >= 0.6 is 58.0 Å². The van der Waals surface area contributed by atoms with E-state index in [0.29, 0.717) is 54.7 Å². The van der Waals surface area contributed by atoms with Crippen LogP contribution in [0.4, 0.5) is 29.1 Å². The molecule has 0 radical (unpaired) electrons. The first kappa shape index (κ1) is 98.3. The summed E-state index contributed by atoms with van der Waals surface area (Å²) in [6, 6.07) is 34.4. The molecule has 0 unspecified atom stereocenters. The molecule has 4 N–H and O–H groups in total. The van der Waals surface area contributed by atoms with Crippen LogP contribution in [0.25, 0.3) is 14.5 Å². The Morgan fingerprint density at radius 2 is 0.615 bits per heavy atom. The van der Waals surface area contributed by atoms with Gasteiger partial charge in [-0.25, -0.2) is 29.9 Å². The second-order valence-corrected chi connectivity index (χ2v) is 37.2. The Hall–Kier alpha value is -8.71. The lowest BCUT2D eigenvalue weighted by molar-refractivity contribution is 0.565. The molecule has 0 saturated heterocycles. The summed E-state index contributed by atoms with van der Waals surface area (Å²) >= 11 is 28.9. The van der Waals surface area contributed by atoms with E-state index in [1.165, 1.54) is 22.3 Å². The number of nitrogens with zero attached hydrogens (tertiary/aromatic N) is 14. The van der Waals surface area contributed by atoms with Crippen molar-refractivity contribution in [3.63, 3.8) is 0 Å². The van der Waals surface area contributed by atoms with Gasteiger partial charge in [0.2, 0.25) is 10.8 Å². The zero-order chi connectivity index (χ0) is 84.4. The molecule has 0 aliphatic carbocycles. The standard InChI is InChI=1S/C11H11N3.C10H11ClN2.C10H14ClN.C10H16N2.C10H12N2.C10H15N.C9H11Cl2N.C9H12ClN.C9H15N3/c1-11(2,3)8-5-9(7-12)14-10(6-8)13-4;1-10(2,3)7-5-8(11)13-9(6-7)12-4;2*1-7-5-8(10(2,3)4)6-9(11)12-7;1-10(2,3)8-5-6-12-9(7-8)11-4;1-8-7-9(5-6-11-8)10(2,3)4;1-9(2,3)6-4-7(10)12-8(11)5-6;1-9(2,3)7-4-5-11-8(10)6-7;1-6-11-7(9(2,3)4)5-8(10)12-6/h5-6H,1-3H3;5-6H,1-3H3;5-6H,1-4H3;5-6H,1-4H3,(H2,11,12);5-7H,1-3H3;5-7H,1-4H3;4-5H,1-3H3;4-6H,1-3H3;5H,1-4H3,(H2,10,11,12). The number of hydrogen-bond donors (Lipinski definition) is 2. The number of nitrogen functional groups attached to an aromatic ring is 2. The van der Waals surface area contributed by atoms with Crippen molar-refractivity contribution in [2.45, 2.75) is 263 Å². The van der Waals surface area contributed by atoms with Crippen molar-refractivity contribution in [3.05, 3.63) is 261 Å². The summed E-state index contributed by atoms with van der Waals surface area (Å²) in [5.74, 6) is 3.01. The average molecular weight is 1580 g/mol. The Kier molecular flexibility index (Phi) is 37.8. The van der Waals surface area contributed by atoms with Gasteiger partial charge in [-0.05, 0) is 212 Å². The number of aryl methyl sites for hydroxylation is 4. The fraction of sp³-hybridized carbons (Fsp3) is 0.455. The third kappa shape index (κ3) is 39.0. The van der Waals surface area contributed by atoms with Gasteiger partial charge in [-0.2, -0.15) is 5.26 Å². The number of rotatable bonds is 0. The number of halogens is 5. The highest BCUT2D eigenvalue weighted by molar-refractivity contribution is 6.32. The lowest BCUT2D eigenvalue weighted by Crippen LogP contribution is -2.15. The van der Waals surface area contributed by atoms with Crippen LogP contribution in [0.5, 0.6) is 0 Å². The first-order valence-corrected chi connectivity index (χ1v) is 37.5. The Bertz CT molecular complexity index is 4180. The molecule has 0 spiro atoms. The Labute approximate surface area is 679 Å². The molecular weight excluding hydrogens is 1460 g/mol. The number of pyridine rings is 8. The monoisotopic (exact) mass is 1570 g/mol. The summed E-state index contributed by atoms with van der Waals surface area (Å²) in [5.41, 5.74) is 25.8. The summed E-state index contributed by atoms with van der Waals surface area (Å²) in [7, 11) is 0. The highest BCUT2D eigenvalue weighted by atomic mass is 35.5. The minimum Gasteiger partial charge on any atom is -0.384 e. The zero-order valence-electron chi connectivity index (χ0n) is 70.4. The van der Waals surface area contributed by atoms with Gasteiger partial charge in [0.1, 0.15) is 50.3 Å². The van der Waals surface area contributed by atoms with E-state index in [9.17, 15) is 0 Å². The number of hydrogen-bond acceptors (Lipinski definition) is 13. The van der Waals surface area contributed by atoms with Gasteiger partial charge in [0.15, 0.2) is 0 Å². The smallest absolute Gasteiger partial charge is 0.271 e. The molecule has 0 fully saturated rings. The first-order valence-electron chi connectivity index (χ1n) is 35.6. The van der Waals surface area contributed by atoms with Gasteiger partial charge in [-0.1, -0.05) is 253 Å². The lowest BCUT2D eigenvalue weighted by Gasteiger charge is -2.19. The molecule has 0 atom stereocenters. The van der Waals surface area contributed by atoms with Crippen molar-refractivity contribution >= 4 is 87.1 Å².